The van der Waals surface area contributed by atoms with E-state index in [0.717, 1.165) is 16.3 Å². The van der Waals surface area contributed by atoms with Crippen LogP contribution in [0.1, 0.15) is 41.5 Å². The number of hydrogen-bond acceptors (Lipinski definition) is 2. The molecule has 0 unspecified atom stereocenters. The second kappa shape index (κ2) is 5.68. The number of fused-ring (bicyclic) bond motifs is 2. The predicted octanol–water partition coefficient (Wildman–Crippen LogP) is 3.84. The minimum Gasteiger partial charge on any atom is -0.508 e. The number of phenols is 1. The molecule has 132 valence electrons. The van der Waals surface area contributed by atoms with Crippen molar-refractivity contribution in [3.63, 3.8) is 0 Å². The quantitative estimate of drug-likeness (QED) is 0.468. The normalized spacial score (nSPS) is 16.0. The molecule has 0 saturated carbocycles. The van der Waals surface area contributed by atoms with Crippen LogP contribution in [0, 0.1) is 3.57 Å². The van der Waals surface area contributed by atoms with E-state index in [-0.39, 0.29) is 10.1 Å². The summed E-state index contributed by atoms with van der Waals surface area (Å²) in [6.07, 6.45) is 0. The van der Waals surface area contributed by atoms with Crippen LogP contribution < -0.4 is 20.9 Å². The third-order valence-corrected chi connectivity index (χ3v) is 14.2. The fraction of sp³-hybridized carbons (Fsp3) is 0.381. The Morgan fingerprint density at radius 1 is 1.00 bits per heavy atom. The number of aromatic hydroxyl groups is 1. The van der Waals surface area contributed by atoms with Gasteiger partial charge in [0.15, 0.2) is 0 Å². The fourth-order valence-corrected chi connectivity index (χ4v) is 14.1. The third kappa shape index (κ3) is 2.52. The molecule has 2 aromatic rings. The average molecular weight is 463 g/mol. The van der Waals surface area contributed by atoms with Crippen LogP contribution in [0.15, 0.2) is 35.3 Å². The number of benzene rings is 2. The molecular formula is C21H26INOSi. The molecule has 25 heavy (non-hydrogen) atoms. The van der Waals surface area contributed by atoms with Crippen molar-refractivity contribution in [2.75, 3.05) is 0 Å². The molecule has 0 saturated heterocycles. The summed E-state index contributed by atoms with van der Waals surface area (Å²) in [4.78, 5) is 4.97. The van der Waals surface area contributed by atoms with Gasteiger partial charge in [-0.15, -0.1) is 0 Å². The zero-order valence-corrected chi connectivity index (χ0v) is 19.0. The highest BCUT2D eigenvalue weighted by molar-refractivity contribution is 14.1. The van der Waals surface area contributed by atoms with Gasteiger partial charge in [0, 0.05) is 3.57 Å². The summed E-state index contributed by atoms with van der Waals surface area (Å²) in [6, 6.07) is 9.88. The molecular weight excluding hydrogens is 437 g/mol. The average Bonchev–Trinajstić information content (AvgIpc) is 2.46. The summed E-state index contributed by atoms with van der Waals surface area (Å²) in [5, 5.41) is 15.1. The summed E-state index contributed by atoms with van der Waals surface area (Å²) in [6.45, 7) is 18.3. The molecule has 1 aliphatic heterocycles. The third-order valence-electron chi connectivity index (χ3n) is 5.45. The van der Waals surface area contributed by atoms with E-state index in [2.05, 4.69) is 82.8 Å². The van der Waals surface area contributed by atoms with Crippen molar-refractivity contribution >= 4 is 53.3 Å². The van der Waals surface area contributed by atoms with Crippen LogP contribution in [0.25, 0.3) is 6.58 Å². The standard InChI is InChI=1S/C21H26INOSi/c1-13-8-10-16-19(18(13)22)25(20(2,3)4,21(5,6)7)17-12-14(24)9-11-15(17)23-16/h8-12,24H,1H2,2-7H3. The van der Waals surface area contributed by atoms with Crippen LogP contribution in [0.4, 0.5) is 5.69 Å². The first-order chi connectivity index (χ1) is 11.4. The highest BCUT2D eigenvalue weighted by Gasteiger charge is 2.58. The molecule has 0 atom stereocenters. The van der Waals surface area contributed by atoms with Crippen molar-refractivity contribution in [3.05, 3.63) is 44.5 Å². The van der Waals surface area contributed by atoms with Crippen LogP contribution in [0.5, 0.6) is 5.75 Å². The van der Waals surface area contributed by atoms with Crippen LogP contribution >= 0.6 is 22.6 Å². The van der Waals surface area contributed by atoms with E-state index in [9.17, 15) is 5.11 Å². The number of nitrogens with zero attached hydrogens (tertiary/aromatic N) is 1. The van der Waals surface area contributed by atoms with Gasteiger partial charge in [0.05, 0.1) is 11.0 Å². The Bertz CT molecular complexity index is 953. The minimum absolute atomic E-state index is 0.0478. The molecule has 1 N–H and O–H groups in total. The predicted molar refractivity (Wildman–Crippen MR) is 118 cm³/mol. The minimum atomic E-state index is -2.34. The maximum absolute atomic E-state index is 10.3. The molecule has 2 aromatic carbocycles. The Hall–Kier alpha value is -1.14. The number of phenolic OH excluding ortho intramolecular Hbond substituents is 1. The smallest absolute Gasteiger partial charge is 0.135 e. The van der Waals surface area contributed by atoms with Gasteiger partial charge in [-0.2, -0.15) is 0 Å². The highest BCUT2D eigenvalue weighted by Crippen LogP contribution is 2.52. The molecule has 0 fully saturated rings. The Morgan fingerprint density at radius 2 is 1.60 bits per heavy atom. The largest absolute Gasteiger partial charge is 0.508 e. The van der Waals surface area contributed by atoms with Crippen LogP contribution in [-0.4, -0.2) is 13.2 Å². The van der Waals surface area contributed by atoms with E-state index in [1.807, 2.05) is 12.1 Å². The topological polar surface area (TPSA) is 32.6 Å². The van der Waals surface area contributed by atoms with E-state index in [1.54, 1.807) is 6.07 Å². The molecule has 1 heterocycles. The summed E-state index contributed by atoms with van der Waals surface area (Å²) in [7, 11) is -2.34. The molecule has 0 bridgehead atoms. The Labute approximate surface area is 164 Å². The van der Waals surface area contributed by atoms with Crippen LogP contribution in [0.2, 0.25) is 10.1 Å². The highest BCUT2D eigenvalue weighted by atomic mass is 127. The Kier molecular flexibility index (Phi) is 4.23. The Morgan fingerprint density at radius 3 is 2.16 bits per heavy atom. The van der Waals surface area contributed by atoms with Crippen LogP contribution in [0.3, 0.4) is 0 Å². The first-order valence-electron chi connectivity index (χ1n) is 8.61. The maximum atomic E-state index is 10.3. The van der Waals surface area contributed by atoms with Gasteiger partial charge in [-0.25, -0.2) is 4.99 Å². The van der Waals surface area contributed by atoms with Crippen molar-refractivity contribution in [1.29, 1.82) is 0 Å². The van der Waals surface area contributed by atoms with Gasteiger partial charge in [0.25, 0.3) is 0 Å². The summed E-state index contributed by atoms with van der Waals surface area (Å²) in [5.74, 6) is 0.323. The van der Waals surface area contributed by atoms with Crippen molar-refractivity contribution in [2.45, 2.75) is 51.6 Å². The molecule has 0 radical (unpaired) electrons. The van der Waals surface area contributed by atoms with Gasteiger partial charge < -0.3 is 5.11 Å². The molecule has 0 aliphatic carbocycles. The van der Waals surface area contributed by atoms with Crippen molar-refractivity contribution in [1.82, 2.24) is 0 Å². The van der Waals surface area contributed by atoms with Crippen molar-refractivity contribution in [2.24, 2.45) is 4.99 Å². The van der Waals surface area contributed by atoms with Crippen molar-refractivity contribution in [3.8, 4) is 5.75 Å². The van der Waals surface area contributed by atoms with Gasteiger partial charge in [-0.1, -0.05) is 54.2 Å². The lowest BCUT2D eigenvalue weighted by atomic mass is 10.2. The number of rotatable bonds is 0. The maximum Gasteiger partial charge on any atom is 0.135 e. The summed E-state index contributed by atoms with van der Waals surface area (Å²) < 4.78 is 1.23. The van der Waals surface area contributed by atoms with E-state index in [0.29, 0.717) is 5.75 Å². The second-order valence-electron chi connectivity index (χ2n) is 9.00. The number of hydrogen-bond donors (Lipinski definition) is 1. The molecule has 4 heteroatoms. The van der Waals surface area contributed by atoms with E-state index < -0.39 is 8.07 Å². The molecule has 0 amide bonds. The lowest BCUT2D eigenvalue weighted by Gasteiger charge is -2.54. The van der Waals surface area contributed by atoms with E-state index >= 15 is 0 Å². The first-order valence-corrected chi connectivity index (χ1v) is 11.7. The zero-order valence-electron chi connectivity index (χ0n) is 15.9. The monoisotopic (exact) mass is 463 g/mol. The van der Waals surface area contributed by atoms with E-state index in [4.69, 9.17) is 4.99 Å². The van der Waals surface area contributed by atoms with Gasteiger partial charge >= 0.3 is 0 Å². The van der Waals surface area contributed by atoms with Crippen molar-refractivity contribution < 1.29 is 5.11 Å². The zero-order chi connectivity index (χ0) is 18.8. The second-order valence-corrected chi connectivity index (χ2v) is 15.6. The molecule has 0 spiro atoms. The molecule has 2 nitrogen and oxygen atoms in total. The first kappa shape index (κ1) is 18.6. The Balaban J connectivity index is 2.68. The molecule has 3 rings (SSSR count). The molecule has 1 aliphatic rings. The van der Waals surface area contributed by atoms with Crippen LogP contribution in [-0.2, 0) is 0 Å². The van der Waals surface area contributed by atoms with Gasteiger partial charge in [-0.05, 0) is 72.5 Å². The summed E-state index contributed by atoms with van der Waals surface area (Å²) in [5.41, 5.74) is 1.01. The lowest BCUT2D eigenvalue weighted by Crippen LogP contribution is -2.75. The lowest BCUT2D eigenvalue weighted by molar-refractivity contribution is 0.475. The van der Waals surface area contributed by atoms with Gasteiger partial charge in [0.1, 0.15) is 13.8 Å². The van der Waals surface area contributed by atoms with E-state index in [1.165, 1.54) is 13.9 Å². The number of halogens is 1. The van der Waals surface area contributed by atoms with Gasteiger partial charge in [-0.3, -0.25) is 0 Å². The summed E-state index contributed by atoms with van der Waals surface area (Å²) >= 11 is 2.45. The van der Waals surface area contributed by atoms with Gasteiger partial charge in [0.2, 0.25) is 0 Å². The molecule has 0 aromatic heterocycles. The fourth-order valence-electron chi connectivity index (χ4n) is 4.93. The SMILES string of the molecule is C=c1ccc2c(c1I)[Si](C(C)(C)C)(C(C)(C)C)c1cc(O)ccc1N=2.